The minimum atomic E-state index is -1.94. The molecule has 2 heterocycles. The molecule has 0 spiro atoms. The van der Waals surface area contributed by atoms with Crippen molar-refractivity contribution in [3.05, 3.63) is 39.9 Å². The van der Waals surface area contributed by atoms with E-state index in [1.165, 1.54) is 6.07 Å². The molecule has 1 amide bonds. The van der Waals surface area contributed by atoms with E-state index in [1.807, 2.05) is 41.5 Å². The van der Waals surface area contributed by atoms with Crippen molar-refractivity contribution in [2.45, 2.75) is 71.9 Å². The number of carboxylic acids is 1. The van der Waals surface area contributed by atoms with Gasteiger partial charge >= 0.3 is 5.97 Å². The van der Waals surface area contributed by atoms with Gasteiger partial charge in [0.2, 0.25) is 5.91 Å². The number of carbonyl (C=O) groups is 2. The molecule has 0 radical (unpaired) electrons. The maximum atomic E-state index is 12.2. The molecule has 0 bridgehead atoms. The highest BCUT2D eigenvalue weighted by atomic mass is 16.7. The van der Waals surface area contributed by atoms with Crippen molar-refractivity contribution in [1.29, 1.82) is 0 Å². The first-order chi connectivity index (χ1) is 17.4. The molecule has 2 saturated heterocycles. The number of ether oxygens (including phenoxy) is 2. The van der Waals surface area contributed by atoms with Crippen LogP contribution < -0.4 is 16.1 Å². The number of nitro benzene ring substituents is 1. The second-order valence-corrected chi connectivity index (χ2v) is 9.50. The molecule has 37 heavy (non-hydrogen) atoms. The van der Waals surface area contributed by atoms with Gasteiger partial charge in [-0.2, -0.15) is 5.48 Å². The van der Waals surface area contributed by atoms with Gasteiger partial charge in [-0.15, -0.1) is 0 Å². The van der Waals surface area contributed by atoms with Crippen LogP contribution in [0.15, 0.2) is 24.3 Å². The lowest BCUT2D eigenvalue weighted by atomic mass is 9.80. The maximum Gasteiger partial charge on any atom is 0.366 e. The molecule has 3 rings (SSSR count). The molecule has 2 fully saturated rings. The van der Waals surface area contributed by atoms with Crippen LogP contribution in [-0.2, 0) is 23.9 Å². The zero-order valence-corrected chi connectivity index (χ0v) is 23.0. The Balaban J connectivity index is 0.000000519. The summed E-state index contributed by atoms with van der Waals surface area (Å²) in [5.41, 5.74) is 2.19. The van der Waals surface area contributed by atoms with Crippen molar-refractivity contribution in [3.63, 3.8) is 0 Å². The molecule has 1 aromatic rings. The second-order valence-electron chi connectivity index (χ2n) is 9.50. The van der Waals surface area contributed by atoms with Crippen molar-refractivity contribution >= 4 is 17.6 Å². The molecule has 0 aromatic heterocycles. The predicted molar refractivity (Wildman–Crippen MR) is 138 cm³/mol. The summed E-state index contributed by atoms with van der Waals surface area (Å²) < 4.78 is 11.8. The lowest BCUT2D eigenvalue weighted by Gasteiger charge is -2.49. The van der Waals surface area contributed by atoms with Crippen LogP contribution in [0.25, 0.3) is 0 Å². The fraction of sp³-hybridized carbons (Fsp3) is 0.680. The van der Waals surface area contributed by atoms with Crippen LogP contribution in [-0.4, -0.2) is 67.1 Å². The number of hydrogen-bond acceptors (Lipinski definition) is 9. The van der Waals surface area contributed by atoms with E-state index in [9.17, 15) is 24.8 Å². The van der Waals surface area contributed by atoms with Crippen molar-refractivity contribution in [3.8, 4) is 0 Å². The Morgan fingerprint density at radius 1 is 1.22 bits per heavy atom. The standard InChI is InChI=1S/C18H26N2O6.C5H10N2O2.C2H6/c1-11(2)14(19-5)18(16(21)22)25-10-17(3,4)15(26-18)12-8-6-7-9-13(12)20(23)24;1-6-5(8)4-2-3-9-7-4;1-2/h6-9,11,14-15,19H,10H2,1-5H3,(H,21,22);4,7H,2-3H2,1H3,(H,6,8);1-2H3/t14-,15?,18?;4-;/m00./s1. The largest absolute Gasteiger partial charge is 0.477 e. The highest BCUT2D eigenvalue weighted by molar-refractivity contribution is 5.81. The number of nitrogens with zero attached hydrogens (tertiary/aromatic N) is 1. The van der Waals surface area contributed by atoms with Gasteiger partial charge in [-0.3, -0.25) is 14.9 Å². The fourth-order valence-corrected chi connectivity index (χ4v) is 4.22. The maximum absolute atomic E-state index is 12.2. The average Bonchev–Trinajstić information content (AvgIpc) is 3.41. The SMILES string of the molecule is CC.CNC(=O)[C@@H]1CCON1.CN[C@@H](C(C)C)C1(C(=O)O)OCC(C)(C)C(c2ccccc2[N+](=O)[O-])O1. The van der Waals surface area contributed by atoms with Crippen molar-refractivity contribution in [1.82, 2.24) is 16.1 Å². The third-order valence-electron chi connectivity index (χ3n) is 6.06. The smallest absolute Gasteiger partial charge is 0.366 e. The van der Waals surface area contributed by atoms with Gasteiger partial charge < -0.3 is 30.1 Å². The van der Waals surface area contributed by atoms with Crippen LogP contribution in [0.2, 0.25) is 0 Å². The number of benzene rings is 1. The average molecular weight is 527 g/mol. The zero-order valence-electron chi connectivity index (χ0n) is 23.0. The van der Waals surface area contributed by atoms with Gasteiger partial charge in [-0.25, -0.2) is 4.79 Å². The van der Waals surface area contributed by atoms with Crippen LogP contribution in [0.5, 0.6) is 0 Å². The summed E-state index contributed by atoms with van der Waals surface area (Å²) in [6.45, 7) is 12.1. The van der Waals surface area contributed by atoms with Gasteiger partial charge in [0.25, 0.3) is 11.5 Å². The second kappa shape index (κ2) is 14.3. The Morgan fingerprint density at radius 2 is 1.84 bits per heavy atom. The molecule has 12 heteroatoms. The third kappa shape index (κ3) is 7.68. The van der Waals surface area contributed by atoms with Gasteiger partial charge in [0.05, 0.1) is 29.7 Å². The molecule has 210 valence electrons. The summed E-state index contributed by atoms with van der Waals surface area (Å²) in [6.07, 6.45) is -0.0526. The van der Waals surface area contributed by atoms with Crippen molar-refractivity contribution in [2.75, 3.05) is 27.3 Å². The number of nitrogens with one attached hydrogen (secondary N) is 3. The predicted octanol–water partition coefficient (Wildman–Crippen LogP) is 2.79. The molecule has 2 aliphatic heterocycles. The zero-order chi connectivity index (χ0) is 28.4. The van der Waals surface area contributed by atoms with E-state index in [2.05, 4.69) is 16.1 Å². The number of carbonyl (C=O) groups excluding carboxylic acids is 1. The lowest BCUT2D eigenvalue weighted by Crippen LogP contribution is -2.65. The topological polar surface area (TPSA) is 161 Å². The fourth-order valence-electron chi connectivity index (χ4n) is 4.22. The van der Waals surface area contributed by atoms with Crippen LogP contribution in [0.1, 0.15) is 59.6 Å². The molecule has 0 saturated carbocycles. The number of para-hydroxylation sites is 1. The first kappa shape index (κ1) is 32.4. The summed E-state index contributed by atoms with van der Waals surface area (Å²) in [5.74, 6) is -3.31. The molecule has 12 nitrogen and oxygen atoms in total. The van der Waals surface area contributed by atoms with Gasteiger partial charge in [-0.05, 0) is 25.5 Å². The Morgan fingerprint density at radius 3 is 2.30 bits per heavy atom. The van der Waals surface area contributed by atoms with E-state index in [0.717, 1.165) is 6.42 Å². The third-order valence-corrected chi connectivity index (χ3v) is 6.06. The van der Waals surface area contributed by atoms with E-state index in [4.69, 9.17) is 14.3 Å². The number of likely N-dealkylation sites (N-methyl/N-ethyl adjacent to an activating group) is 2. The van der Waals surface area contributed by atoms with E-state index >= 15 is 0 Å². The molecular weight excluding hydrogens is 484 g/mol. The Hall–Kier alpha value is -2.64. The minimum Gasteiger partial charge on any atom is -0.477 e. The molecular formula is C25H42N4O8. The molecule has 0 aliphatic carbocycles. The number of amides is 1. The van der Waals surface area contributed by atoms with Crippen molar-refractivity contribution in [2.24, 2.45) is 11.3 Å². The molecule has 4 atom stereocenters. The van der Waals surface area contributed by atoms with E-state index < -0.39 is 34.2 Å². The Kier molecular flexibility index (Phi) is 12.6. The summed E-state index contributed by atoms with van der Waals surface area (Å²) >= 11 is 0. The highest BCUT2D eigenvalue weighted by Gasteiger charge is 2.58. The number of aliphatic carboxylic acids is 1. The number of hydrogen-bond donors (Lipinski definition) is 4. The highest BCUT2D eigenvalue weighted by Crippen LogP contribution is 2.48. The van der Waals surface area contributed by atoms with Crippen molar-refractivity contribution < 1.29 is 33.9 Å². The first-order valence-electron chi connectivity index (χ1n) is 12.5. The number of carboxylic acid groups (broad SMARTS) is 1. The molecule has 2 unspecified atom stereocenters. The number of nitro groups is 1. The quantitative estimate of drug-likeness (QED) is 0.307. The summed E-state index contributed by atoms with van der Waals surface area (Å²) in [6, 6.07) is 5.47. The number of rotatable bonds is 7. The van der Waals surface area contributed by atoms with E-state index in [1.54, 1.807) is 32.3 Å². The summed E-state index contributed by atoms with van der Waals surface area (Å²) in [5, 5.41) is 26.9. The van der Waals surface area contributed by atoms with E-state index in [0.29, 0.717) is 12.2 Å². The summed E-state index contributed by atoms with van der Waals surface area (Å²) in [7, 11) is 3.25. The normalized spacial score (nSPS) is 25.1. The van der Waals surface area contributed by atoms with Gasteiger partial charge in [0.1, 0.15) is 12.1 Å². The van der Waals surface area contributed by atoms with E-state index in [-0.39, 0.29) is 30.2 Å². The summed E-state index contributed by atoms with van der Waals surface area (Å²) in [4.78, 5) is 38.7. The monoisotopic (exact) mass is 526 g/mol. The first-order valence-corrected chi connectivity index (χ1v) is 12.5. The Labute approximate surface area is 218 Å². The van der Waals surface area contributed by atoms with Crippen LogP contribution >= 0.6 is 0 Å². The molecule has 1 aromatic carbocycles. The van der Waals surface area contributed by atoms with Gasteiger partial charge in [-0.1, -0.05) is 53.7 Å². The van der Waals surface area contributed by atoms with Crippen LogP contribution in [0, 0.1) is 21.4 Å². The molecule has 4 N–H and O–H groups in total. The minimum absolute atomic E-state index is 0.00694. The van der Waals surface area contributed by atoms with Crippen LogP contribution in [0.3, 0.4) is 0 Å². The molecule has 2 aliphatic rings. The van der Waals surface area contributed by atoms with Gasteiger partial charge in [0, 0.05) is 18.5 Å². The lowest BCUT2D eigenvalue weighted by molar-refractivity contribution is -0.389. The Bertz CT molecular complexity index is 904. The van der Waals surface area contributed by atoms with Gasteiger partial charge in [0.15, 0.2) is 0 Å². The van der Waals surface area contributed by atoms with Crippen LogP contribution in [0.4, 0.5) is 5.69 Å². The number of hydroxylamine groups is 1.